The smallest absolute Gasteiger partial charge is 0.290 e. The van der Waals surface area contributed by atoms with E-state index in [1.54, 1.807) is 13.0 Å². The lowest BCUT2D eigenvalue weighted by Gasteiger charge is -2.01. The van der Waals surface area contributed by atoms with Gasteiger partial charge >= 0.3 is 0 Å². The van der Waals surface area contributed by atoms with Crippen molar-refractivity contribution >= 4 is 29.2 Å². The molecule has 0 spiro atoms. The normalized spacial score (nSPS) is 11.2. The van der Waals surface area contributed by atoms with Crippen molar-refractivity contribution in [1.82, 2.24) is 9.78 Å². The second kappa shape index (κ2) is 6.97. The van der Waals surface area contributed by atoms with Crippen LogP contribution in [-0.4, -0.2) is 20.9 Å². The van der Waals surface area contributed by atoms with Gasteiger partial charge in [0.15, 0.2) is 0 Å². The molecule has 0 saturated heterocycles. The molecule has 0 unspecified atom stereocenters. The molecule has 0 fully saturated rings. The van der Waals surface area contributed by atoms with Gasteiger partial charge in [-0.05, 0) is 38.1 Å². The molecule has 0 bridgehead atoms. The lowest BCUT2D eigenvalue weighted by atomic mass is 10.2. The fraction of sp³-hybridized carbons (Fsp3) is 0.111. The lowest BCUT2D eigenvalue weighted by Crippen LogP contribution is -2.17. The number of aryl methyl sites for hydroxylation is 2. The van der Waals surface area contributed by atoms with Gasteiger partial charge in [0.2, 0.25) is 0 Å². The molecule has 1 aromatic heterocycles. The Balaban J connectivity index is 1.97. The van der Waals surface area contributed by atoms with E-state index in [4.69, 9.17) is 11.6 Å². The molecule has 0 aliphatic heterocycles. The highest BCUT2D eigenvalue weighted by Crippen LogP contribution is 2.28. The predicted molar refractivity (Wildman–Crippen MR) is 101 cm³/mol. The molecule has 132 valence electrons. The average Bonchev–Trinajstić information content (AvgIpc) is 2.89. The largest absolute Gasteiger partial charge is 0.295 e. The number of nitro benzene ring substituents is 1. The molecule has 0 aliphatic carbocycles. The molecule has 0 saturated carbocycles. The predicted octanol–water partition coefficient (Wildman–Crippen LogP) is 4.09. The summed E-state index contributed by atoms with van der Waals surface area (Å²) in [6, 6.07) is 11.7. The minimum Gasteiger partial charge on any atom is -0.295 e. The van der Waals surface area contributed by atoms with E-state index >= 15 is 0 Å². The van der Waals surface area contributed by atoms with Gasteiger partial charge in [-0.2, -0.15) is 0 Å². The van der Waals surface area contributed by atoms with Crippen LogP contribution in [0.2, 0.25) is 5.02 Å². The molecular weight excluding hydrogens is 356 g/mol. The Morgan fingerprint density at radius 3 is 2.54 bits per heavy atom. The first-order chi connectivity index (χ1) is 12.4. The van der Waals surface area contributed by atoms with Gasteiger partial charge in [0, 0.05) is 18.0 Å². The molecule has 26 heavy (non-hydrogen) atoms. The number of benzene rings is 2. The van der Waals surface area contributed by atoms with E-state index in [9.17, 15) is 14.9 Å². The van der Waals surface area contributed by atoms with E-state index in [2.05, 4.69) is 10.1 Å². The van der Waals surface area contributed by atoms with Gasteiger partial charge in [-0.25, -0.2) is 4.68 Å². The topological polar surface area (TPSA) is 93.3 Å². The molecule has 1 N–H and O–H groups in total. The SMILES string of the molecule is Cc1ccc(-n2[nH]c(C)c(C=Nc3ccc(Cl)c([N+](=O)[O-])c3)c2=O)cc1. The zero-order valence-corrected chi connectivity index (χ0v) is 14.8. The van der Waals surface area contributed by atoms with Crippen molar-refractivity contribution in [1.29, 1.82) is 0 Å². The van der Waals surface area contributed by atoms with Crippen molar-refractivity contribution in [3.8, 4) is 5.69 Å². The Labute approximate surface area is 153 Å². The second-order valence-corrected chi connectivity index (χ2v) is 6.18. The highest BCUT2D eigenvalue weighted by atomic mass is 35.5. The molecule has 0 atom stereocenters. The number of aliphatic imine (C=N–C) groups is 1. The summed E-state index contributed by atoms with van der Waals surface area (Å²) in [7, 11) is 0. The summed E-state index contributed by atoms with van der Waals surface area (Å²) in [5.74, 6) is 0. The van der Waals surface area contributed by atoms with Gasteiger partial charge in [0.05, 0.1) is 21.9 Å². The summed E-state index contributed by atoms with van der Waals surface area (Å²) in [6.45, 7) is 3.73. The number of rotatable bonds is 4. The highest BCUT2D eigenvalue weighted by Gasteiger charge is 2.13. The van der Waals surface area contributed by atoms with E-state index in [0.717, 1.165) is 5.56 Å². The maximum Gasteiger partial charge on any atom is 0.290 e. The first kappa shape index (κ1) is 17.6. The lowest BCUT2D eigenvalue weighted by molar-refractivity contribution is -0.384. The number of halogens is 1. The van der Waals surface area contributed by atoms with Crippen LogP contribution in [0.25, 0.3) is 5.69 Å². The Kier molecular flexibility index (Phi) is 4.73. The van der Waals surface area contributed by atoms with E-state index in [-0.39, 0.29) is 16.3 Å². The Morgan fingerprint density at radius 1 is 1.19 bits per heavy atom. The van der Waals surface area contributed by atoms with Gasteiger partial charge < -0.3 is 0 Å². The van der Waals surface area contributed by atoms with Gasteiger partial charge in [-0.1, -0.05) is 29.3 Å². The number of hydrogen-bond donors (Lipinski definition) is 1. The van der Waals surface area contributed by atoms with E-state index in [1.165, 1.54) is 23.0 Å². The summed E-state index contributed by atoms with van der Waals surface area (Å²) in [6.07, 6.45) is 1.39. The van der Waals surface area contributed by atoms with Crippen LogP contribution in [0.1, 0.15) is 16.8 Å². The number of aromatic amines is 1. The summed E-state index contributed by atoms with van der Waals surface area (Å²) in [4.78, 5) is 27.2. The number of nitrogens with one attached hydrogen (secondary N) is 1. The third-order valence-electron chi connectivity index (χ3n) is 3.88. The van der Waals surface area contributed by atoms with E-state index in [0.29, 0.717) is 22.6 Å². The molecule has 7 nitrogen and oxygen atoms in total. The number of nitrogens with zero attached hydrogens (tertiary/aromatic N) is 3. The second-order valence-electron chi connectivity index (χ2n) is 5.78. The first-order valence-electron chi connectivity index (χ1n) is 7.73. The molecule has 2 aromatic carbocycles. The fourth-order valence-corrected chi connectivity index (χ4v) is 2.63. The van der Waals surface area contributed by atoms with Gasteiger partial charge in [-0.15, -0.1) is 0 Å². The van der Waals surface area contributed by atoms with Crippen LogP contribution in [-0.2, 0) is 0 Å². The minimum absolute atomic E-state index is 0.0356. The van der Waals surface area contributed by atoms with Crippen LogP contribution < -0.4 is 5.56 Å². The monoisotopic (exact) mass is 370 g/mol. The molecule has 0 aliphatic rings. The Hall–Kier alpha value is -3.19. The fourth-order valence-electron chi connectivity index (χ4n) is 2.45. The van der Waals surface area contributed by atoms with Gasteiger partial charge in [0.25, 0.3) is 11.2 Å². The molecule has 0 amide bonds. The molecule has 3 rings (SSSR count). The quantitative estimate of drug-likeness (QED) is 0.425. The first-order valence-corrected chi connectivity index (χ1v) is 8.11. The maximum atomic E-state index is 12.6. The zero-order chi connectivity index (χ0) is 18.8. The number of hydrogen-bond acceptors (Lipinski definition) is 4. The van der Waals surface area contributed by atoms with Crippen molar-refractivity contribution in [2.24, 2.45) is 4.99 Å². The number of nitro groups is 1. The Morgan fingerprint density at radius 2 is 1.88 bits per heavy atom. The van der Waals surface area contributed by atoms with E-state index < -0.39 is 4.92 Å². The standard InChI is InChI=1S/C18H15ClN4O3/c1-11-3-6-14(7-4-11)22-18(24)15(12(2)21-22)10-20-13-5-8-16(19)17(9-13)23(25)26/h3-10,21H,1-2H3. The molecular formula is C18H15ClN4O3. The van der Waals surface area contributed by atoms with Crippen LogP contribution in [0, 0.1) is 24.0 Å². The number of aromatic nitrogens is 2. The van der Waals surface area contributed by atoms with Crippen LogP contribution in [0.3, 0.4) is 0 Å². The summed E-state index contributed by atoms with van der Waals surface area (Å²) >= 11 is 5.79. The van der Waals surface area contributed by atoms with Crippen molar-refractivity contribution in [3.63, 3.8) is 0 Å². The molecule has 8 heteroatoms. The minimum atomic E-state index is -0.576. The zero-order valence-electron chi connectivity index (χ0n) is 14.1. The maximum absolute atomic E-state index is 12.6. The average molecular weight is 371 g/mol. The molecule has 0 radical (unpaired) electrons. The van der Waals surface area contributed by atoms with Crippen molar-refractivity contribution in [3.05, 3.63) is 84.8 Å². The van der Waals surface area contributed by atoms with Crippen molar-refractivity contribution < 1.29 is 4.92 Å². The van der Waals surface area contributed by atoms with Crippen molar-refractivity contribution in [2.45, 2.75) is 13.8 Å². The van der Waals surface area contributed by atoms with Gasteiger partial charge in [0.1, 0.15) is 5.02 Å². The molecule has 3 aromatic rings. The van der Waals surface area contributed by atoms with E-state index in [1.807, 2.05) is 31.2 Å². The third-order valence-corrected chi connectivity index (χ3v) is 4.20. The van der Waals surface area contributed by atoms with Crippen LogP contribution in [0.5, 0.6) is 0 Å². The number of H-pyrrole nitrogens is 1. The highest BCUT2D eigenvalue weighted by molar-refractivity contribution is 6.32. The molecule has 1 heterocycles. The van der Waals surface area contributed by atoms with Crippen LogP contribution in [0.4, 0.5) is 11.4 Å². The third kappa shape index (κ3) is 3.43. The van der Waals surface area contributed by atoms with Crippen LogP contribution >= 0.6 is 11.6 Å². The summed E-state index contributed by atoms with van der Waals surface area (Å²) < 4.78 is 1.43. The van der Waals surface area contributed by atoms with Crippen LogP contribution in [0.15, 0.2) is 52.3 Å². The van der Waals surface area contributed by atoms with Gasteiger partial charge in [-0.3, -0.25) is 25.0 Å². The van der Waals surface area contributed by atoms with Crippen molar-refractivity contribution in [2.75, 3.05) is 0 Å². The Bertz CT molecular complexity index is 1070. The summed E-state index contributed by atoms with van der Waals surface area (Å²) in [5.41, 5.74) is 2.68. The summed E-state index contributed by atoms with van der Waals surface area (Å²) in [5, 5.41) is 14.0.